The first-order valence-corrected chi connectivity index (χ1v) is 3.70. The molecule has 0 saturated carbocycles. The van der Waals surface area contributed by atoms with Crippen molar-refractivity contribution < 1.29 is 9.53 Å². The van der Waals surface area contributed by atoms with Crippen LogP contribution in [0.4, 0.5) is 0 Å². The topological polar surface area (TPSA) is 38.3 Å². The summed E-state index contributed by atoms with van der Waals surface area (Å²) in [4.78, 5) is 9.06. The molecule has 0 heterocycles. The second-order valence-electron chi connectivity index (χ2n) is 2.72. The normalized spacial score (nSPS) is 9.55. The predicted octanol–water partition coefficient (Wildman–Crippen LogP) is 1.18. The summed E-state index contributed by atoms with van der Waals surface area (Å²) in [5.74, 6) is 0. The zero-order valence-electron chi connectivity index (χ0n) is 8.10. The average molecular weight is 161 g/mol. The number of hydrogen-bond donors (Lipinski definition) is 1. The largest absolute Gasteiger partial charge is 0.379 e. The Labute approximate surface area is 69.1 Å². The quantitative estimate of drug-likeness (QED) is 0.631. The molecule has 0 unspecified atom stereocenters. The number of methoxy groups -OCH3 is 1. The Kier molecular flexibility index (Phi) is 8.94. The highest BCUT2D eigenvalue weighted by molar-refractivity contribution is 5.44. The maximum absolute atomic E-state index is 9.06. The molecular weight excluding hydrogens is 142 g/mol. The van der Waals surface area contributed by atoms with Crippen molar-refractivity contribution in [2.24, 2.45) is 0 Å². The van der Waals surface area contributed by atoms with E-state index < -0.39 is 0 Å². The summed E-state index contributed by atoms with van der Waals surface area (Å²) in [5.41, 5.74) is 0.0833. The van der Waals surface area contributed by atoms with Crippen LogP contribution in [0.3, 0.4) is 0 Å². The fraction of sp³-hybridized carbons (Fsp3) is 0.875. The zero-order chi connectivity index (χ0) is 9.33. The number of nitrogens with one attached hydrogen (secondary N) is 1. The molecule has 3 nitrogen and oxygen atoms in total. The molecular formula is C8H19NO2. The number of carbonyl (C=O) groups excluding carboxylic acids is 1. The molecule has 0 bridgehead atoms. The maximum Gasteiger partial charge on any atom is 0.206 e. The Morgan fingerprint density at radius 2 is 1.91 bits per heavy atom. The van der Waals surface area contributed by atoms with Crippen LogP contribution in [0.5, 0.6) is 0 Å². The average Bonchev–Trinajstić information content (AvgIpc) is 2.05. The van der Waals surface area contributed by atoms with Gasteiger partial charge in [-0.3, -0.25) is 4.79 Å². The highest BCUT2D eigenvalue weighted by atomic mass is 16.5. The van der Waals surface area contributed by atoms with Gasteiger partial charge >= 0.3 is 0 Å². The molecule has 0 aromatic rings. The second-order valence-corrected chi connectivity index (χ2v) is 2.72. The van der Waals surface area contributed by atoms with E-state index in [0.717, 1.165) is 6.42 Å². The molecule has 0 radical (unpaired) electrons. The fourth-order valence-corrected chi connectivity index (χ4v) is 0.144. The van der Waals surface area contributed by atoms with E-state index in [4.69, 9.17) is 9.53 Å². The van der Waals surface area contributed by atoms with E-state index in [-0.39, 0.29) is 5.60 Å². The van der Waals surface area contributed by atoms with Gasteiger partial charge in [-0.2, -0.15) is 0 Å². The Balaban J connectivity index is 0. The third-order valence-electron chi connectivity index (χ3n) is 1.52. The smallest absolute Gasteiger partial charge is 0.206 e. The van der Waals surface area contributed by atoms with Gasteiger partial charge in [0, 0.05) is 14.2 Å². The van der Waals surface area contributed by atoms with E-state index in [2.05, 4.69) is 26.1 Å². The van der Waals surface area contributed by atoms with Gasteiger partial charge < -0.3 is 10.1 Å². The van der Waals surface area contributed by atoms with Gasteiger partial charge in [-0.1, -0.05) is 6.92 Å². The van der Waals surface area contributed by atoms with Crippen LogP contribution in [-0.4, -0.2) is 26.2 Å². The Morgan fingerprint density at radius 3 is 1.91 bits per heavy atom. The van der Waals surface area contributed by atoms with Crippen LogP contribution >= 0.6 is 0 Å². The van der Waals surface area contributed by atoms with Gasteiger partial charge in [-0.15, -0.1) is 0 Å². The minimum absolute atomic E-state index is 0.0833. The summed E-state index contributed by atoms with van der Waals surface area (Å²) in [7, 11) is 3.30. The molecule has 0 spiro atoms. The third kappa shape index (κ3) is 12.6. The van der Waals surface area contributed by atoms with Crippen LogP contribution < -0.4 is 5.32 Å². The van der Waals surface area contributed by atoms with Gasteiger partial charge in [-0.25, -0.2) is 0 Å². The predicted molar refractivity (Wildman–Crippen MR) is 46.5 cm³/mol. The zero-order valence-corrected chi connectivity index (χ0v) is 8.10. The van der Waals surface area contributed by atoms with Crippen LogP contribution in [0.25, 0.3) is 0 Å². The summed E-state index contributed by atoms with van der Waals surface area (Å²) in [5, 5.41) is 2.25. The first-order chi connectivity index (χ1) is 5.04. The van der Waals surface area contributed by atoms with Crippen LogP contribution in [0, 0.1) is 0 Å². The van der Waals surface area contributed by atoms with E-state index in [1.165, 1.54) is 0 Å². The Morgan fingerprint density at radius 1 is 1.55 bits per heavy atom. The molecule has 1 N–H and O–H groups in total. The van der Waals surface area contributed by atoms with Crippen LogP contribution in [0.2, 0.25) is 0 Å². The summed E-state index contributed by atoms with van der Waals surface area (Å²) in [6, 6.07) is 0. The summed E-state index contributed by atoms with van der Waals surface area (Å²) < 4.78 is 5.09. The number of ether oxygens (including phenoxy) is 1. The van der Waals surface area contributed by atoms with Crippen molar-refractivity contribution in [3.63, 3.8) is 0 Å². The molecule has 0 aliphatic heterocycles. The van der Waals surface area contributed by atoms with Crippen LogP contribution in [0.15, 0.2) is 0 Å². The van der Waals surface area contributed by atoms with Crippen molar-refractivity contribution in [1.82, 2.24) is 5.32 Å². The molecule has 0 aromatic heterocycles. The fourth-order valence-electron chi connectivity index (χ4n) is 0.144. The summed E-state index contributed by atoms with van der Waals surface area (Å²) in [6.07, 6.45) is 1.70. The summed E-state index contributed by atoms with van der Waals surface area (Å²) in [6.45, 7) is 6.27. The Hall–Kier alpha value is -0.570. The molecule has 1 amide bonds. The molecule has 11 heavy (non-hydrogen) atoms. The molecule has 0 atom stereocenters. The second kappa shape index (κ2) is 7.54. The SMILES string of the molecule is CCC(C)(C)OC.CNC=O. The van der Waals surface area contributed by atoms with Crippen molar-refractivity contribution in [1.29, 1.82) is 0 Å². The van der Waals surface area contributed by atoms with Gasteiger partial charge in [0.05, 0.1) is 5.60 Å². The first-order valence-electron chi connectivity index (χ1n) is 3.70. The van der Waals surface area contributed by atoms with Crippen molar-refractivity contribution in [2.45, 2.75) is 32.8 Å². The minimum atomic E-state index is 0.0833. The molecule has 0 fully saturated rings. The van der Waals surface area contributed by atoms with E-state index in [9.17, 15) is 0 Å². The number of amides is 1. The molecule has 68 valence electrons. The van der Waals surface area contributed by atoms with Gasteiger partial charge in [0.2, 0.25) is 6.41 Å². The van der Waals surface area contributed by atoms with Gasteiger partial charge in [0.15, 0.2) is 0 Å². The highest BCUT2D eigenvalue weighted by Crippen LogP contribution is 2.10. The lowest BCUT2D eigenvalue weighted by Crippen LogP contribution is -2.20. The minimum Gasteiger partial charge on any atom is -0.379 e. The number of carbonyl (C=O) groups is 1. The third-order valence-corrected chi connectivity index (χ3v) is 1.52. The monoisotopic (exact) mass is 161 g/mol. The first kappa shape index (κ1) is 13.1. The van der Waals surface area contributed by atoms with E-state index in [1.807, 2.05) is 0 Å². The lowest BCUT2D eigenvalue weighted by molar-refractivity contribution is -0.109. The number of hydrogen-bond acceptors (Lipinski definition) is 2. The van der Waals surface area contributed by atoms with Crippen molar-refractivity contribution in [3.8, 4) is 0 Å². The molecule has 0 saturated heterocycles. The maximum atomic E-state index is 9.06. The van der Waals surface area contributed by atoms with E-state index in [0.29, 0.717) is 6.41 Å². The Bertz CT molecular complexity index is 86.1. The van der Waals surface area contributed by atoms with Gasteiger partial charge in [0.1, 0.15) is 0 Å². The van der Waals surface area contributed by atoms with Crippen molar-refractivity contribution in [2.75, 3.05) is 14.2 Å². The summed E-state index contributed by atoms with van der Waals surface area (Å²) >= 11 is 0. The van der Waals surface area contributed by atoms with E-state index in [1.54, 1.807) is 14.2 Å². The lowest BCUT2D eigenvalue weighted by Gasteiger charge is -2.19. The van der Waals surface area contributed by atoms with E-state index >= 15 is 0 Å². The van der Waals surface area contributed by atoms with Gasteiger partial charge in [-0.05, 0) is 20.3 Å². The van der Waals surface area contributed by atoms with Crippen molar-refractivity contribution >= 4 is 6.41 Å². The van der Waals surface area contributed by atoms with Crippen LogP contribution in [-0.2, 0) is 9.53 Å². The number of rotatable bonds is 3. The highest BCUT2D eigenvalue weighted by Gasteiger charge is 2.10. The molecule has 0 rings (SSSR count). The van der Waals surface area contributed by atoms with Crippen molar-refractivity contribution in [3.05, 3.63) is 0 Å². The molecule has 0 aromatic carbocycles. The molecule has 0 aliphatic rings. The standard InChI is InChI=1S/C6H14O.C2H5NO/c1-5-6(2,3)7-4;1-3-2-4/h5H2,1-4H3;2H,1H3,(H,3,4). The molecule has 3 heteroatoms. The van der Waals surface area contributed by atoms with Crippen LogP contribution in [0.1, 0.15) is 27.2 Å². The van der Waals surface area contributed by atoms with Gasteiger partial charge in [0.25, 0.3) is 0 Å². The lowest BCUT2D eigenvalue weighted by atomic mass is 10.1. The molecule has 0 aliphatic carbocycles.